The summed E-state index contributed by atoms with van der Waals surface area (Å²) in [5.41, 5.74) is 1.32. The van der Waals surface area contributed by atoms with E-state index in [9.17, 15) is 14.7 Å². The molecule has 2 aromatic carbocycles. The van der Waals surface area contributed by atoms with Crippen molar-refractivity contribution in [1.82, 2.24) is 4.98 Å². The highest BCUT2D eigenvalue weighted by Gasteiger charge is 2.48. The number of hydrogen-bond donors (Lipinski definition) is 1. The predicted molar refractivity (Wildman–Crippen MR) is 115 cm³/mol. The molecule has 1 fully saturated rings. The average molecular weight is 416 g/mol. The summed E-state index contributed by atoms with van der Waals surface area (Å²) in [6.07, 6.45) is 3.07. The Morgan fingerprint density at radius 1 is 1.00 bits per heavy atom. The van der Waals surface area contributed by atoms with Gasteiger partial charge in [-0.2, -0.15) is 0 Å². The van der Waals surface area contributed by atoms with Gasteiger partial charge in [0.15, 0.2) is 0 Å². The second kappa shape index (κ2) is 8.31. The predicted octanol–water partition coefficient (Wildman–Crippen LogP) is 3.73. The van der Waals surface area contributed by atoms with Gasteiger partial charge in [-0.15, -0.1) is 0 Å². The number of anilines is 1. The quantitative estimate of drug-likeness (QED) is 0.387. The Kier molecular flexibility index (Phi) is 5.41. The fourth-order valence-corrected chi connectivity index (χ4v) is 3.69. The maximum Gasteiger partial charge on any atom is 0.300 e. The minimum atomic E-state index is -0.936. The van der Waals surface area contributed by atoms with Gasteiger partial charge in [0.1, 0.15) is 17.3 Å². The first-order valence-electron chi connectivity index (χ1n) is 9.55. The molecule has 1 aromatic heterocycles. The molecule has 2 heterocycles. The van der Waals surface area contributed by atoms with Crippen LogP contribution >= 0.6 is 0 Å². The van der Waals surface area contributed by atoms with Gasteiger partial charge in [-0.1, -0.05) is 30.3 Å². The molecule has 0 aliphatic carbocycles. The first-order valence-corrected chi connectivity index (χ1v) is 9.55. The molecule has 4 rings (SSSR count). The van der Waals surface area contributed by atoms with Gasteiger partial charge in [0.05, 0.1) is 37.7 Å². The highest BCUT2D eigenvalue weighted by atomic mass is 16.5. The third-order valence-electron chi connectivity index (χ3n) is 5.15. The molecule has 0 spiro atoms. The van der Waals surface area contributed by atoms with Crippen molar-refractivity contribution in [2.75, 3.05) is 19.1 Å². The third-order valence-corrected chi connectivity index (χ3v) is 5.15. The first-order chi connectivity index (χ1) is 15.1. The van der Waals surface area contributed by atoms with Crippen molar-refractivity contribution < 1.29 is 24.2 Å². The molecule has 7 nitrogen and oxygen atoms in total. The van der Waals surface area contributed by atoms with Crippen LogP contribution in [0.3, 0.4) is 0 Å². The van der Waals surface area contributed by atoms with Gasteiger partial charge in [0.25, 0.3) is 11.7 Å². The lowest BCUT2D eigenvalue weighted by Crippen LogP contribution is -2.29. The molecule has 1 N–H and O–H groups in total. The minimum absolute atomic E-state index is 0.0355. The Morgan fingerprint density at radius 2 is 1.77 bits per heavy atom. The van der Waals surface area contributed by atoms with Crippen LogP contribution in [-0.4, -0.2) is 36.0 Å². The van der Waals surface area contributed by atoms with Crippen LogP contribution in [0.1, 0.15) is 17.2 Å². The zero-order valence-electron chi connectivity index (χ0n) is 17.0. The van der Waals surface area contributed by atoms with Crippen LogP contribution in [0.5, 0.6) is 11.5 Å². The highest BCUT2D eigenvalue weighted by Crippen LogP contribution is 2.45. The molecule has 7 heteroatoms. The number of ether oxygens (including phenoxy) is 2. The SMILES string of the molecule is COc1ccc(OC)c([C@H]2C(=C(O)c3ccccc3)C(=O)C(=O)N2c2cccnc2)c1. The Morgan fingerprint density at radius 3 is 2.42 bits per heavy atom. The number of amides is 1. The van der Waals surface area contributed by atoms with E-state index < -0.39 is 17.7 Å². The summed E-state index contributed by atoms with van der Waals surface area (Å²) in [6.45, 7) is 0. The van der Waals surface area contributed by atoms with Crippen LogP contribution in [0.2, 0.25) is 0 Å². The lowest BCUT2D eigenvalue weighted by Gasteiger charge is -2.26. The molecule has 156 valence electrons. The van der Waals surface area contributed by atoms with Crippen molar-refractivity contribution in [1.29, 1.82) is 0 Å². The van der Waals surface area contributed by atoms with Gasteiger partial charge in [-0.05, 0) is 30.3 Å². The molecule has 1 aliphatic rings. The van der Waals surface area contributed by atoms with Crippen LogP contribution < -0.4 is 14.4 Å². The molecule has 31 heavy (non-hydrogen) atoms. The van der Waals surface area contributed by atoms with Crippen molar-refractivity contribution in [2.24, 2.45) is 0 Å². The van der Waals surface area contributed by atoms with E-state index in [1.807, 2.05) is 0 Å². The summed E-state index contributed by atoms with van der Waals surface area (Å²) in [6, 6.07) is 16.2. The first kappa shape index (κ1) is 20.2. The molecular weight excluding hydrogens is 396 g/mol. The number of pyridine rings is 1. The molecule has 1 amide bonds. The van der Waals surface area contributed by atoms with Crippen LogP contribution in [0.4, 0.5) is 5.69 Å². The lowest BCUT2D eigenvalue weighted by atomic mass is 9.94. The maximum absolute atomic E-state index is 13.1. The summed E-state index contributed by atoms with van der Waals surface area (Å²) in [5, 5.41) is 11.1. The number of nitrogens with zero attached hydrogens (tertiary/aromatic N) is 2. The van der Waals surface area contributed by atoms with Crippen molar-refractivity contribution >= 4 is 23.1 Å². The highest BCUT2D eigenvalue weighted by molar-refractivity contribution is 6.51. The number of hydrogen-bond acceptors (Lipinski definition) is 6. The molecular formula is C24H20N2O5. The number of aromatic nitrogens is 1. The van der Waals surface area contributed by atoms with Crippen molar-refractivity contribution in [3.05, 3.63) is 89.8 Å². The lowest BCUT2D eigenvalue weighted by molar-refractivity contribution is -0.132. The fraction of sp³-hybridized carbons (Fsp3) is 0.125. The second-order valence-electron chi connectivity index (χ2n) is 6.85. The van der Waals surface area contributed by atoms with Crippen LogP contribution in [0.15, 0.2) is 78.6 Å². The zero-order chi connectivity index (χ0) is 22.0. The molecule has 0 radical (unpaired) electrons. The van der Waals surface area contributed by atoms with Crippen molar-refractivity contribution in [2.45, 2.75) is 6.04 Å². The molecule has 3 aromatic rings. The largest absolute Gasteiger partial charge is 0.507 e. The van der Waals surface area contributed by atoms with E-state index in [1.165, 1.54) is 25.3 Å². The van der Waals surface area contributed by atoms with Gasteiger partial charge in [-0.25, -0.2) is 0 Å². The average Bonchev–Trinajstić information content (AvgIpc) is 3.09. The fourth-order valence-electron chi connectivity index (χ4n) is 3.69. The molecule has 0 unspecified atom stereocenters. The number of aliphatic hydroxyl groups is 1. The van der Waals surface area contributed by atoms with Gasteiger partial charge in [-0.3, -0.25) is 19.5 Å². The third kappa shape index (κ3) is 3.50. The molecule has 1 aliphatic heterocycles. The zero-order valence-corrected chi connectivity index (χ0v) is 17.0. The molecule has 1 saturated heterocycles. The summed E-state index contributed by atoms with van der Waals surface area (Å²) in [5.74, 6) is -0.853. The summed E-state index contributed by atoms with van der Waals surface area (Å²) >= 11 is 0. The smallest absolute Gasteiger partial charge is 0.300 e. The Balaban J connectivity index is 2.01. The molecule has 0 bridgehead atoms. The minimum Gasteiger partial charge on any atom is -0.507 e. The van der Waals surface area contributed by atoms with E-state index >= 15 is 0 Å². The number of carbonyl (C=O) groups excluding carboxylic acids is 2. The summed E-state index contributed by atoms with van der Waals surface area (Å²) < 4.78 is 10.9. The van der Waals surface area contributed by atoms with Crippen LogP contribution in [-0.2, 0) is 9.59 Å². The summed E-state index contributed by atoms with van der Waals surface area (Å²) in [4.78, 5) is 31.7. The van der Waals surface area contributed by atoms with E-state index in [4.69, 9.17) is 9.47 Å². The number of rotatable bonds is 5. The number of ketones is 1. The van der Waals surface area contributed by atoms with Gasteiger partial charge >= 0.3 is 0 Å². The Labute approximate surface area is 179 Å². The van der Waals surface area contributed by atoms with E-state index in [0.717, 1.165) is 0 Å². The van der Waals surface area contributed by atoms with Gasteiger partial charge in [0, 0.05) is 17.3 Å². The Bertz CT molecular complexity index is 1160. The van der Waals surface area contributed by atoms with Crippen molar-refractivity contribution in [3.63, 3.8) is 0 Å². The number of benzene rings is 2. The monoisotopic (exact) mass is 416 g/mol. The van der Waals surface area contributed by atoms with Crippen LogP contribution in [0.25, 0.3) is 5.76 Å². The number of aliphatic hydroxyl groups excluding tert-OH is 1. The maximum atomic E-state index is 13.1. The Hall–Kier alpha value is -4.13. The van der Waals surface area contributed by atoms with Gasteiger partial charge < -0.3 is 14.6 Å². The van der Waals surface area contributed by atoms with Gasteiger partial charge in [0.2, 0.25) is 0 Å². The standard InChI is InChI=1S/C24H20N2O5/c1-30-17-10-11-19(31-2)18(13-17)21-20(22(27)15-7-4-3-5-8-15)23(28)24(29)26(21)16-9-6-12-25-14-16/h3-14,21,27H,1-2H3/t21-/m0/s1. The number of carbonyl (C=O) groups is 2. The second-order valence-corrected chi connectivity index (χ2v) is 6.85. The molecule has 1 atom stereocenters. The topological polar surface area (TPSA) is 89.0 Å². The van der Waals surface area contributed by atoms with E-state index in [2.05, 4.69) is 4.98 Å². The number of methoxy groups -OCH3 is 2. The number of Topliss-reactive ketones (excluding diaryl/α,β-unsaturated/α-hetero) is 1. The van der Waals surface area contributed by atoms with Crippen LogP contribution in [0, 0.1) is 0 Å². The summed E-state index contributed by atoms with van der Waals surface area (Å²) in [7, 11) is 3.02. The van der Waals surface area contributed by atoms with E-state index in [1.54, 1.807) is 66.9 Å². The normalized spacial score (nSPS) is 17.6. The van der Waals surface area contributed by atoms with Crippen molar-refractivity contribution in [3.8, 4) is 11.5 Å². The molecule has 0 saturated carbocycles. The van der Waals surface area contributed by atoms with E-state index in [-0.39, 0.29) is 11.3 Å². The van der Waals surface area contributed by atoms with E-state index in [0.29, 0.717) is 28.3 Å².